The highest BCUT2D eigenvalue weighted by molar-refractivity contribution is 6.04. The number of aromatic nitrogens is 2. The lowest BCUT2D eigenvalue weighted by atomic mass is 10.1. The highest BCUT2D eigenvalue weighted by Gasteiger charge is 2.20. The van der Waals surface area contributed by atoms with Gasteiger partial charge in [0.05, 0.1) is 31.0 Å². The average molecular weight is 463 g/mol. The number of nitrogens with zero attached hydrogens (tertiary/aromatic N) is 2. The molecule has 3 heterocycles. The SMILES string of the molecule is O=C1Cc2cnc(Nc3ccc(C(=O)Nc4ccc5c(c4)COC5)cc3)nc2-c2ccccc2N1. The standard InChI is InChI=1S/C27H21N5O3/c33-24-12-18-13-28-27(32-25(18)22-3-1-2-4-23(22)31-24)30-20-8-5-16(6-9-20)26(34)29-21-10-7-17-14-35-15-19(17)11-21/h1-11,13H,12,14-15H2,(H,29,34)(H,31,33)(H,28,30,32). The Hall–Kier alpha value is -4.56. The van der Waals surface area contributed by atoms with Crippen LogP contribution in [0.4, 0.5) is 23.0 Å². The van der Waals surface area contributed by atoms with E-state index < -0.39 is 0 Å². The highest BCUT2D eigenvalue weighted by Crippen LogP contribution is 2.33. The van der Waals surface area contributed by atoms with Crippen molar-refractivity contribution in [3.05, 3.63) is 95.2 Å². The summed E-state index contributed by atoms with van der Waals surface area (Å²) in [5, 5.41) is 9.04. The number of amides is 2. The fraction of sp³-hybridized carbons (Fsp3) is 0.111. The molecule has 8 nitrogen and oxygen atoms in total. The zero-order valence-electron chi connectivity index (χ0n) is 18.7. The second-order valence-corrected chi connectivity index (χ2v) is 8.47. The molecule has 6 rings (SSSR count). The molecule has 2 aliphatic rings. The van der Waals surface area contributed by atoms with Gasteiger partial charge in [-0.05, 0) is 53.6 Å². The zero-order chi connectivity index (χ0) is 23.8. The van der Waals surface area contributed by atoms with E-state index in [9.17, 15) is 9.59 Å². The Kier molecular flexibility index (Phi) is 5.20. The minimum Gasteiger partial charge on any atom is -0.372 e. The van der Waals surface area contributed by atoms with Crippen molar-refractivity contribution in [3.63, 3.8) is 0 Å². The lowest BCUT2D eigenvalue weighted by molar-refractivity contribution is -0.115. The Morgan fingerprint density at radius 2 is 1.71 bits per heavy atom. The summed E-state index contributed by atoms with van der Waals surface area (Å²) in [5.41, 5.74) is 7.34. The minimum absolute atomic E-state index is 0.0948. The molecule has 8 heteroatoms. The van der Waals surface area contributed by atoms with Gasteiger partial charge in [-0.15, -0.1) is 0 Å². The molecule has 0 spiro atoms. The van der Waals surface area contributed by atoms with Crippen LogP contribution in [-0.4, -0.2) is 21.8 Å². The van der Waals surface area contributed by atoms with E-state index in [0.29, 0.717) is 30.4 Å². The zero-order valence-corrected chi connectivity index (χ0v) is 18.7. The maximum absolute atomic E-state index is 12.7. The second kappa shape index (κ2) is 8.66. The monoisotopic (exact) mass is 463 g/mol. The van der Waals surface area contributed by atoms with E-state index in [1.807, 2.05) is 42.5 Å². The van der Waals surface area contributed by atoms with Gasteiger partial charge in [-0.2, -0.15) is 0 Å². The number of para-hydroxylation sites is 1. The molecule has 0 saturated heterocycles. The van der Waals surface area contributed by atoms with Crippen LogP contribution in [0.15, 0.2) is 72.9 Å². The number of ether oxygens (including phenoxy) is 1. The molecule has 0 aliphatic carbocycles. The molecule has 4 aromatic rings. The molecule has 1 aromatic heterocycles. The van der Waals surface area contributed by atoms with Gasteiger partial charge < -0.3 is 20.7 Å². The van der Waals surface area contributed by atoms with Crippen LogP contribution < -0.4 is 16.0 Å². The third kappa shape index (κ3) is 4.22. The number of benzene rings is 3. The van der Waals surface area contributed by atoms with E-state index in [-0.39, 0.29) is 18.2 Å². The number of anilines is 4. The Balaban J connectivity index is 1.19. The van der Waals surface area contributed by atoms with Crippen LogP contribution in [0, 0.1) is 0 Å². The Morgan fingerprint density at radius 3 is 2.60 bits per heavy atom. The summed E-state index contributed by atoms with van der Waals surface area (Å²) in [6.07, 6.45) is 1.89. The summed E-state index contributed by atoms with van der Waals surface area (Å²) in [7, 11) is 0. The predicted molar refractivity (Wildman–Crippen MR) is 132 cm³/mol. The van der Waals surface area contributed by atoms with Crippen molar-refractivity contribution in [1.82, 2.24) is 9.97 Å². The predicted octanol–water partition coefficient (Wildman–Crippen LogP) is 4.66. The van der Waals surface area contributed by atoms with Crippen LogP contribution in [0.3, 0.4) is 0 Å². The van der Waals surface area contributed by atoms with Gasteiger partial charge in [-0.3, -0.25) is 9.59 Å². The van der Waals surface area contributed by atoms with E-state index in [1.54, 1.807) is 30.5 Å². The first-order valence-electron chi connectivity index (χ1n) is 11.3. The van der Waals surface area contributed by atoms with Crippen LogP contribution >= 0.6 is 0 Å². The van der Waals surface area contributed by atoms with E-state index in [2.05, 4.69) is 25.9 Å². The van der Waals surface area contributed by atoms with Crippen LogP contribution in [0.25, 0.3) is 11.3 Å². The third-order valence-corrected chi connectivity index (χ3v) is 6.05. The summed E-state index contributed by atoms with van der Waals surface area (Å²) in [6.45, 7) is 1.19. The maximum atomic E-state index is 12.7. The molecule has 2 aliphatic heterocycles. The van der Waals surface area contributed by atoms with Crippen molar-refractivity contribution < 1.29 is 14.3 Å². The van der Waals surface area contributed by atoms with Crippen LogP contribution in [0.5, 0.6) is 0 Å². The topological polar surface area (TPSA) is 105 Å². The number of carbonyl (C=O) groups excluding carboxylic acids is 2. The van der Waals surface area contributed by atoms with E-state index in [1.165, 1.54) is 0 Å². The number of carbonyl (C=O) groups is 2. The molecule has 0 fully saturated rings. The Labute approximate surface area is 201 Å². The minimum atomic E-state index is -0.189. The second-order valence-electron chi connectivity index (χ2n) is 8.47. The highest BCUT2D eigenvalue weighted by atomic mass is 16.5. The fourth-order valence-electron chi connectivity index (χ4n) is 4.28. The molecule has 3 aromatic carbocycles. The number of hydrogen-bond acceptors (Lipinski definition) is 6. The van der Waals surface area contributed by atoms with Crippen molar-refractivity contribution in [1.29, 1.82) is 0 Å². The molecule has 0 bridgehead atoms. The third-order valence-electron chi connectivity index (χ3n) is 6.05. The van der Waals surface area contributed by atoms with E-state index in [0.717, 1.165) is 39.3 Å². The van der Waals surface area contributed by atoms with Crippen molar-refractivity contribution in [2.75, 3.05) is 16.0 Å². The first kappa shape index (κ1) is 21.0. The van der Waals surface area contributed by atoms with Crippen molar-refractivity contribution in [3.8, 4) is 11.3 Å². The Morgan fingerprint density at radius 1 is 0.914 bits per heavy atom. The van der Waals surface area contributed by atoms with E-state index in [4.69, 9.17) is 4.74 Å². The van der Waals surface area contributed by atoms with Crippen molar-refractivity contribution in [2.24, 2.45) is 0 Å². The normalized spacial score (nSPS) is 13.7. The first-order chi connectivity index (χ1) is 17.1. The summed E-state index contributed by atoms with van der Waals surface area (Å²) in [6, 6.07) is 20.5. The van der Waals surface area contributed by atoms with Crippen LogP contribution in [0.2, 0.25) is 0 Å². The molecule has 2 amide bonds. The molecule has 35 heavy (non-hydrogen) atoms. The maximum Gasteiger partial charge on any atom is 0.255 e. The average Bonchev–Trinajstić information content (AvgIpc) is 3.28. The van der Waals surface area contributed by atoms with Crippen LogP contribution in [0.1, 0.15) is 27.0 Å². The van der Waals surface area contributed by atoms with Crippen molar-refractivity contribution in [2.45, 2.75) is 19.6 Å². The number of rotatable bonds is 4. The summed E-state index contributed by atoms with van der Waals surface area (Å²) in [5.74, 6) is 0.124. The summed E-state index contributed by atoms with van der Waals surface area (Å²) in [4.78, 5) is 34.0. The molecule has 172 valence electrons. The lowest BCUT2D eigenvalue weighted by Crippen LogP contribution is -2.12. The molecule has 0 atom stereocenters. The first-order valence-corrected chi connectivity index (χ1v) is 11.3. The number of nitrogens with one attached hydrogen (secondary N) is 3. The molecule has 0 saturated carbocycles. The van der Waals surface area contributed by atoms with Gasteiger partial charge in [-0.25, -0.2) is 9.97 Å². The van der Waals surface area contributed by atoms with E-state index >= 15 is 0 Å². The Bertz CT molecular complexity index is 1470. The van der Waals surface area contributed by atoms with Gasteiger partial charge in [0, 0.05) is 34.3 Å². The molecular weight excluding hydrogens is 442 g/mol. The largest absolute Gasteiger partial charge is 0.372 e. The quantitative estimate of drug-likeness (QED) is 0.406. The summed E-state index contributed by atoms with van der Waals surface area (Å²) < 4.78 is 5.43. The van der Waals surface area contributed by atoms with Gasteiger partial charge in [0.2, 0.25) is 11.9 Å². The molecule has 0 radical (unpaired) electrons. The molecule has 3 N–H and O–H groups in total. The van der Waals surface area contributed by atoms with Crippen molar-refractivity contribution >= 4 is 34.8 Å². The van der Waals surface area contributed by atoms with Gasteiger partial charge in [-0.1, -0.05) is 24.3 Å². The van der Waals surface area contributed by atoms with Gasteiger partial charge in [0.1, 0.15) is 0 Å². The van der Waals surface area contributed by atoms with Crippen LogP contribution in [-0.2, 0) is 29.2 Å². The number of fused-ring (bicyclic) bond motifs is 4. The van der Waals surface area contributed by atoms with Gasteiger partial charge in [0.25, 0.3) is 5.91 Å². The summed E-state index contributed by atoms with van der Waals surface area (Å²) >= 11 is 0. The fourth-order valence-corrected chi connectivity index (χ4v) is 4.28. The van der Waals surface area contributed by atoms with Gasteiger partial charge >= 0.3 is 0 Å². The number of hydrogen-bond donors (Lipinski definition) is 3. The lowest BCUT2D eigenvalue weighted by Gasteiger charge is -2.11. The molecular formula is C27H21N5O3. The van der Waals surface area contributed by atoms with Gasteiger partial charge in [0.15, 0.2) is 0 Å². The smallest absolute Gasteiger partial charge is 0.255 e. The molecule has 0 unspecified atom stereocenters.